The Hall–Kier alpha value is -8.40. The number of anilines is 3. The Morgan fingerprint density at radius 2 is 0.828 bits per heavy atom. The van der Waals surface area contributed by atoms with Crippen LogP contribution in [0.1, 0.15) is 22.3 Å². The molecule has 2 heterocycles. The van der Waals surface area contributed by atoms with Gasteiger partial charge in [0.25, 0.3) is 0 Å². The number of para-hydroxylation sites is 2. The molecule has 298 valence electrons. The molecule has 0 amide bonds. The van der Waals surface area contributed by atoms with E-state index in [1.807, 2.05) is 6.07 Å². The lowest BCUT2D eigenvalue weighted by Crippen LogP contribution is -2.29. The van der Waals surface area contributed by atoms with Gasteiger partial charge in [0.15, 0.2) is 0 Å². The van der Waals surface area contributed by atoms with Crippen molar-refractivity contribution < 1.29 is 8.83 Å². The summed E-state index contributed by atoms with van der Waals surface area (Å²) in [6.45, 7) is 0. The Morgan fingerprint density at radius 3 is 1.59 bits per heavy atom. The Balaban J connectivity index is 1.08. The van der Waals surface area contributed by atoms with E-state index < -0.39 is 5.41 Å². The first-order valence-electron chi connectivity index (χ1n) is 22.0. The predicted molar refractivity (Wildman–Crippen MR) is 263 cm³/mol. The number of rotatable bonds is 4. The molecule has 0 bridgehead atoms. The topological polar surface area (TPSA) is 29.5 Å². The van der Waals surface area contributed by atoms with E-state index in [1.54, 1.807) is 0 Å². The number of hydrogen-bond donors (Lipinski definition) is 0. The van der Waals surface area contributed by atoms with Crippen LogP contribution in [0.15, 0.2) is 233 Å². The highest BCUT2D eigenvalue weighted by atomic mass is 16.3. The molecule has 2 aliphatic carbocycles. The van der Waals surface area contributed by atoms with Crippen molar-refractivity contribution in [1.82, 2.24) is 0 Å². The molecule has 64 heavy (non-hydrogen) atoms. The van der Waals surface area contributed by atoms with Crippen LogP contribution < -0.4 is 4.90 Å². The van der Waals surface area contributed by atoms with E-state index in [-0.39, 0.29) is 0 Å². The maximum Gasteiger partial charge on any atom is 0.137 e. The number of fused-ring (bicyclic) bond motifs is 18. The van der Waals surface area contributed by atoms with Crippen LogP contribution in [0.3, 0.4) is 0 Å². The molecule has 0 saturated carbocycles. The van der Waals surface area contributed by atoms with Gasteiger partial charge in [-0.2, -0.15) is 0 Å². The van der Waals surface area contributed by atoms with Crippen LogP contribution in [-0.2, 0) is 5.41 Å². The molecule has 0 fully saturated rings. The van der Waals surface area contributed by atoms with E-state index >= 15 is 0 Å². The average molecular weight is 816 g/mol. The van der Waals surface area contributed by atoms with Crippen LogP contribution >= 0.6 is 0 Å². The number of hydrogen-bond acceptors (Lipinski definition) is 3. The van der Waals surface area contributed by atoms with Gasteiger partial charge >= 0.3 is 0 Å². The van der Waals surface area contributed by atoms with Gasteiger partial charge < -0.3 is 13.7 Å². The molecule has 0 N–H and O–H groups in total. The smallest absolute Gasteiger partial charge is 0.137 e. The van der Waals surface area contributed by atoms with E-state index in [0.717, 1.165) is 60.9 Å². The lowest BCUT2D eigenvalue weighted by molar-refractivity contribution is 0.666. The maximum atomic E-state index is 6.71. The van der Waals surface area contributed by atoms with Crippen LogP contribution in [-0.4, -0.2) is 0 Å². The minimum Gasteiger partial charge on any atom is -0.456 e. The van der Waals surface area contributed by atoms with E-state index in [0.29, 0.717) is 0 Å². The van der Waals surface area contributed by atoms with Crippen molar-refractivity contribution >= 4 is 60.9 Å². The number of furan rings is 2. The van der Waals surface area contributed by atoms with E-state index in [1.165, 1.54) is 66.8 Å². The van der Waals surface area contributed by atoms with Crippen LogP contribution in [0.4, 0.5) is 17.1 Å². The lowest BCUT2D eigenvalue weighted by Gasteiger charge is -2.36. The number of nitrogens with zero attached hydrogens (tertiary/aromatic N) is 1. The highest BCUT2D eigenvalue weighted by Gasteiger charge is 2.50. The van der Waals surface area contributed by atoms with Gasteiger partial charge in [-0.05, 0) is 127 Å². The third kappa shape index (κ3) is 4.81. The summed E-state index contributed by atoms with van der Waals surface area (Å²) in [6, 6.07) is 81.8. The maximum absolute atomic E-state index is 6.71. The molecule has 2 aliphatic rings. The van der Waals surface area contributed by atoms with E-state index in [2.05, 4.69) is 223 Å². The van der Waals surface area contributed by atoms with Gasteiger partial charge in [0, 0.05) is 27.5 Å². The van der Waals surface area contributed by atoms with E-state index in [4.69, 9.17) is 8.83 Å². The molecule has 0 saturated heterocycles. The van der Waals surface area contributed by atoms with Crippen LogP contribution in [0.25, 0.3) is 88.4 Å². The second kappa shape index (κ2) is 13.3. The zero-order valence-corrected chi connectivity index (χ0v) is 34.6. The Bertz CT molecular complexity index is 3860. The third-order valence-corrected chi connectivity index (χ3v) is 13.9. The van der Waals surface area contributed by atoms with Crippen molar-refractivity contribution in [2.75, 3.05) is 4.90 Å². The monoisotopic (exact) mass is 815 g/mol. The Morgan fingerprint density at radius 1 is 0.297 bits per heavy atom. The fourth-order valence-electron chi connectivity index (χ4n) is 11.2. The average Bonchev–Trinajstić information content (AvgIpc) is 4.00. The van der Waals surface area contributed by atoms with Crippen molar-refractivity contribution in [3.8, 4) is 44.5 Å². The summed E-state index contributed by atoms with van der Waals surface area (Å²) in [7, 11) is 0. The van der Waals surface area contributed by atoms with Gasteiger partial charge in [0.05, 0.1) is 16.5 Å². The summed E-state index contributed by atoms with van der Waals surface area (Å²) in [5.41, 5.74) is 20.7. The number of benzene rings is 10. The quantitative estimate of drug-likeness (QED) is 0.177. The van der Waals surface area contributed by atoms with E-state index in [9.17, 15) is 0 Å². The Labute approximate surface area is 369 Å². The summed E-state index contributed by atoms with van der Waals surface area (Å²) in [5, 5.41) is 4.44. The minimum absolute atomic E-state index is 0.661. The van der Waals surface area contributed by atoms with Crippen LogP contribution in [0.5, 0.6) is 0 Å². The van der Waals surface area contributed by atoms with Crippen molar-refractivity contribution in [1.29, 1.82) is 0 Å². The first-order chi connectivity index (χ1) is 31.7. The molecule has 3 heteroatoms. The van der Waals surface area contributed by atoms with Crippen LogP contribution in [0.2, 0.25) is 0 Å². The van der Waals surface area contributed by atoms with Gasteiger partial charge in [-0.15, -0.1) is 0 Å². The predicted octanol–water partition coefficient (Wildman–Crippen LogP) is 16.6. The second-order valence-corrected chi connectivity index (χ2v) is 17.1. The third-order valence-electron chi connectivity index (χ3n) is 13.9. The molecule has 1 unspecified atom stereocenters. The molecular formula is C61H37NO2. The molecule has 10 aromatic carbocycles. The molecular weight excluding hydrogens is 779 g/mol. The molecule has 0 radical (unpaired) electrons. The van der Waals surface area contributed by atoms with Crippen molar-refractivity contribution in [2.45, 2.75) is 5.41 Å². The molecule has 0 aliphatic heterocycles. The summed E-state index contributed by atoms with van der Waals surface area (Å²) in [5.74, 6) is 0. The van der Waals surface area contributed by atoms with Gasteiger partial charge in [0.1, 0.15) is 22.3 Å². The van der Waals surface area contributed by atoms with Crippen molar-refractivity contribution in [3.63, 3.8) is 0 Å². The second-order valence-electron chi connectivity index (χ2n) is 17.1. The summed E-state index contributed by atoms with van der Waals surface area (Å²) < 4.78 is 13.2. The fourth-order valence-corrected chi connectivity index (χ4v) is 11.2. The van der Waals surface area contributed by atoms with Gasteiger partial charge in [0.2, 0.25) is 0 Å². The highest BCUT2D eigenvalue weighted by molar-refractivity contribution is 6.14. The van der Waals surface area contributed by atoms with Gasteiger partial charge in [-0.25, -0.2) is 0 Å². The van der Waals surface area contributed by atoms with Crippen LogP contribution in [0, 0.1) is 0 Å². The fraction of sp³-hybridized carbons (Fsp3) is 0.0164. The molecule has 14 rings (SSSR count). The largest absolute Gasteiger partial charge is 0.456 e. The summed E-state index contributed by atoms with van der Waals surface area (Å²) in [4.78, 5) is 2.42. The molecule has 12 aromatic rings. The Kier molecular flexibility index (Phi) is 7.32. The summed E-state index contributed by atoms with van der Waals surface area (Å²) >= 11 is 0. The summed E-state index contributed by atoms with van der Waals surface area (Å²) in [6.07, 6.45) is 0. The first kappa shape index (κ1) is 35.2. The normalized spacial score (nSPS) is 14.6. The first-order valence-corrected chi connectivity index (χ1v) is 22.0. The molecule has 3 nitrogen and oxygen atoms in total. The SMILES string of the molecule is c1ccc(-c2ccc(N(c3ccc4c(c3)-c3ccccc3-c3ccccc3C43c4ccccc4-c4cc5c(cc43)oc3ccccc35)c3cccc4oc5ccccc5c34)cc2)cc1. The zero-order valence-electron chi connectivity index (χ0n) is 34.6. The standard InChI is InChI=1S/C61H37NO2/c1-2-15-38(16-3-1)39-29-31-40(32-30-39)62(55-25-14-28-58-60(55)47-22-9-13-27-57(47)63-58)41-33-34-53-48(35-41)43-18-5-4-17-42(43)44-19-6-10-23-51(44)61(53)52-24-11-7-20-45(52)49-36-50-46-21-8-12-26-56(46)64-59(50)37-54(49)61/h1-37H. The highest BCUT2D eigenvalue weighted by Crippen LogP contribution is 2.63. The van der Waals surface area contributed by atoms with Gasteiger partial charge in [-0.3, -0.25) is 0 Å². The molecule has 1 spiro atoms. The van der Waals surface area contributed by atoms with Gasteiger partial charge in [-0.1, -0.05) is 164 Å². The lowest BCUT2D eigenvalue weighted by atomic mass is 9.66. The van der Waals surface area contributed by atoms with Crippen molar-refractivity contribution in [2.24, 2.45) is 0 Å². The molecule has 1 atom stereocenters. The van der Waals surface area contributed by atoms with Crippen molar-refractivity contribution in [3.05, 3.63) is 247 Å². The molecule has 2 aromatic heterocycles. The zero-order chi connectivity index (χ0) is 41.9. The minimum atomic E-state index is -0.661.